The highest BCUT2D eigenvalue weighted by molar-refractivity contribution is 7.99. The van der Waals surface area contributed by atoms with E-state index in [1.54, 1.807) is 0 Å². The van der Waals surface area contributed by atoms with Crippen LogP contribution in [-0.4, -0.2) is 36.0 Å². The van der Waals surface area contributed by atoms with E-state index in [1.807, 2.05) is 0 Å². The maximum absolute atomic E-state index is 6.08. The molecule has 0 saturated carbocycles. The van der Waals surface area contributed by atoms with Gasteiger partial charge in [-0.2, -0.15) is 11.8 Å². The summed E-state index contributed by atoms with van der Waals surface area (Å²) in [5.74, 6) is 2.53. The molecule has 1 aromatic carbocycles. The fraction of sp³-hybridized carbons (Fsp3) is 0.600. The Kier molecular flexibility index (Phi) is 5.10. The zero-order valence-corrected chi connectivity index (χ0v) is 12.3. The number of nitrogens with zero attached hydrogens (tertiary/aromatic N) is 1. The van der Waals surface area contributed by atoms with Crippen LogP contribution in [0.1, 0.15) is 29.2 Å². The van der Waals surface area contributed by atoms with Crippen molar-refractivity contribution in [1.82, 2.24) is 4.90 Å². The van der Waals surface area contributed by atoms with Gasteiger partial charge in [0.15, 0.2) is 0 Å². The highest BCUT2D eigenvalue weighted by atomic mass is 32.2. The van der Waals surface area contributed by atoms with E-state index in [1.165, 1.54) is 47.7 Å². The second-order valence-electron chi connectivity index (χ2n) is 5.06. The molecule has 1 unspecified atom stereocenters. The van der Waals surface area contributed by atoms with E-state index in [2.05, 4.69) is 48.7 Å². The van der Waals surface area contributed by atoms with Crippen LogP contribution in [0.3, 0.4) is 0 Å². The Bertz CT molecular complexity index is 364. The molecule has 1 atom stereocenters. The molecule has 1 saturated heterocycles. The Hall–Kier alpha value is -0.510. The molecule has 1 aromatic rings. The topological polar surface area (TPSA) is 29.3 Å². The van der Waals surface area contributed by atoms with E-state index in [4.69, 9.17) is 5.73 Å². The molecular formula is C15H24N2S. The summed E-state index contributed by atoms with van der Waals surface area (Å²) < 4.78 is 0. The Labute approximate surface area is 115 Å². The van der Waals surface area contributed by atoms with Gasteiger partial charge in [-0.1, -0.05) is 18.2 Å². The van der Waals surface area contributed by atoms with Gasteiger partial charge in [-0.3, -0.25) is 4.90 Å². The minimum absolute atomic E-state index is 0.393. The van der Waals surface area contributed by atoms with Crippen LogP contribution in [0.2, 0.25) is 0 Å². The average molecular weight is 264 g/mol. The van der Waals surface area contributed by atoms with E-state index < -0.39 is 0 Å². The van der Waals surface area contributed by atoms with E-state index in [-0.39, 0.29) is 0 Å². The molecule has 0 bridgehead atoms. The number of aryl methyl sites for hydroxylation is 2. The first kappa shape index (κ1) is 13.9. The lowest BCUT2D eigenvalue weighted by atomic mass is 9.95. The summed E-state index contributed by atoms with van der Waals surface area (Å²) in [6.45, 7) is 7.48. The number of hydrogen-bond donors (Lipinski definition) is 1. The molecule has 0 radical (unpaired) electrons. The van der Waals surface area contributed by atoms with Crippen molar-refractivity contribution in [2.24, 2.45) is 5.73 Å². The highest BCUT2D eigenvalue weighted by Gasteiger charge is 2.22. The maximum atomic E-state index is 6.08. The third kappa shape index (κ3) is 3.08. The van der Waals surface area contributed by atoms with Gasteiger partial charge in [0.2, 0.25) is 0 Å². The first-order chi connectivity index (χ1) is 8.74. The molecule has 3 heteroatoms. The van der Waals surface area contributed by atoms with Crippen molar-refractivity contribution < 1.29 is 0 Å². The number of rotatable bonds is 3. The van der Waals surface area contributed by atoms with E-state index in [9.17, 15) is 0 Å². The largest absolute Gasteiger partial charge is 0.329 e. The van der Waals surface area contributed by atoms with Crippen LogP contribution in [0.5, 0.6) is 0 Å². The monoisotopic (exact) mass is 264 g/mol. The normalized spacial score (nSPS) is 19.5. The molecule has 2 nitrogen and oxygen atoms in total. The maximum Gasteiger partial charge on any atom is 0.0476 e. The first-order valence-corrected chi connectivity index (χ1v) is 7.97. The highest BCUT2D eigenvalue weighted by Crippen LogP contribution is 2.28. The summed E-state index contributed by atoms with van der Waals surface area (Å²) in [6, 6.07) is 6.94. The Balaban J connectivity index is 2.26. The SMILES string of the molecule is Cc1cccc(C)c1C(CN)N1CCCSCC1. The average Bonchev–Trinajstić information content (AvgIpc) is 2.63. The summed E-state index contributed by atoms with van der Waals surface area (Å²) in [5.41, 5.74) is 10.3. The van der Waals surface area contributed by atoms with Crippen molar-refractivity contribution in [3.63, 3.8) is 0 Å². The third-order valence-electron chi connectivity index (χ3n) is 3.80. The molecule has 0 aliphatic carbocycles. The van der Waals surface area contributed by atoms with Gasteiger partial charge in [0.1, 0.15) is 0 Å². The van der Waals surface area contributed by atoms with Crippen molar-refractivity contribution in [3.8, 4) is 0 Å². The van der Waals surface area contributed by atoms with Gasteiger partial charge in [-0.15, -0.1) is 0 Å². The van der Waals surface area contributed by atoms with Crippen LogP contribution in [0.4, 0.5) is 0 Å². The van der Waals surface area contributed by atoms with E-state index in [0.717, 1.165) is 6.54 Å². The predicted octanol–water partition coefficient (Wildman–Crippen LogP) is 2.74. The van der Waals surface area contributed by atoms with Crippen molar-refractivity contribution in [2.45, 2.75) is 26.3 Å². The van der Waals surface area contributed by atoms with Gasteiger partial charge in [-0.05, 0) is 49.3 Å². The molecular weight excluding hydrogens is 240 g/mol. The quantitative estimate of drug-likeness (QED) is 0.910. The second kappa shape index (κ2) is 6.60. The zero-order valence-electron chi connectivity index (χ0n) is 11.5. The van der Waals surface area contributed by atoms with Crippen LogP contribution in [-0.2, 0) is 0 Å². The van der Waals surface area contributed by atoms with Crippen molar-refractivity contribution in [1.29, 1.82) is 0 Å². The van der Waals surface area contributed by atoms with Gasteiger partial charge < -0.3 is 5.73 Å². The second-order valence-corrected chi connectivity index (χ2v) is 6.28. The van der Waals surface area contributed by atoms with Crippen molar-refractivity contribution in [3.05, 3.63) is 34.9 Å². The summed E-state index contributed by atoms with van der Waals surface area (Å²) in [6.07, 6.45) is 1.28. The minimum atomic E-state index is 0.393. The molecule has 0 amide bonds. The molecule has 18 heavy (non-hydrogen) atoms. The summed E-state index contributed by atoms with van der Waals surface area (Å²) in [5, 5.41) is 0. The lowest BCUT2D eigenvalue weighted by Crippen LogP contribution is -2.36. The number of nitrogens with two attached hydrogens (primary N) is 1. The Morgan fingerprint density at radius 1 is 1.22 bits per heavy atom. The summed E-state index contributed by atoms with van der Waals surface area (Å²) in [4.78, 5) is 2.58. The fourth-order valence-corrected chi connectivity index (χ4v) is 3.78. The third-order valence-corrected chi connectivity index (χ3v) is 4.84. The zero-order chi connectivity index (χ0) is 13.0. The number of benzene rings is 1. The van der Waals surface area contributed by atoms with Crippen LogP contribution in [0, 0.1) is 13.8 Å². The van der Waals surface area contributed by atoms with Crippen LogP contribution in [0.25, 0.3) is 0 Å². The lowest BCUT2D eigenvalue weighted by molar-refractivity contribution is 0.217. The minimum Gasteiger partial charge on any atom is -0.329 e. The van der Waals surface area contributed by atoms with Crippen LogP contribution in [0.15, 0.2) is 18.2 Å². The van der Waals surface area contributed by atoms with Gasteiger partial charge in [0.05, 0.1) is 0 Å². The number of hydrogen-bond acceptors (Lipinski definition) is 3. The van der Waals surface area contributed by atoms with E-state index in [0.29, 0.717) is 6.04 Å². The van der Waals surface area contributed by atoms with Crippen molar-refractivity contribution in [2.75, 3.05) is 31.1 Å². The smallest absolute Gasteiger partial charge is 0.0476 e. The van der Waals surface area contributed by atoms with Crippen molar-refractivity contribution >= 4 is 11.8 Å². The first-order valence-electron chi connectivity index (χ1n) is 6.82. The van der Waals surface area contributed by atoms with Crippen LogP contribution >= 0.6 is 11.8 Å². The Morgan fingerprint density at radius 2 is 1.94 bits per heavy atom. The predicted molar refractivity (Wildman–Crippen MR) is 81.2 cm³/mol. The molecule has 1 aliphatic heterocycles. The van der Waals surface area contributed by atoms with Gasteiger partial charge in [0, 0.05) is 24.9 Å². The summed E-state index contributed by atoms with van der Waals surface area (Å²) in [7, 11) is 0. The lowest BCUT2D eigenvalue weighted by Gasteiger charge is -2.32. The molecule has 1 aliphatic rings. The van der Waals surface area contributed by atoms with Gasteiger partial charge in [-0.25, -0.2) is 0 Å². The molecule has 2 N–H and O–H groups in total. The number of thioether (sulfide) groups is 1. The van der Waals surface area contributed by atoms with Gasteiger partial charge in [0.25, 0.3) is 0 Å². The molecule has 0 spiro atoms. The summed E-state index contributed by atoms with van der Waals surface area (Å²) >= 11 is 2.07. The molecule has 100 valence electrons. The van der Waals surface area contributed by atoms with Gasteiger partial charge >= 0.3 is 0 Å². The molecule has 1 fully saturated rings. The van der Waals surface area contributed by atoms with Crippen LogP contribution < -0.4 is 5.73 Å². The fourth-order valence-electron chi connectivity index (χ4n) is 2.88. The van der Waals surface area contributed by atoms with E-state index >= 15 is 0 Å². The standard InChI is InChI=1S/C15H24N2S/c1-12-5-3-6-13(2)15(12)14(11-16)17-7-4-9-18-10-8-17/h3,5-6,14H,4,7-11,16H2,1-2H3. The molecule has 1 heterocycles. The molecule has 2 rings (SSSR count). The Morgan fingerprint density at radius 3 is 2.61 bits per heavy atom. The molecule has 0 aromatic heterocycles.